The standard InChI is InChI=1S/C16H17N3O2/c1-10-14(11(2)21-18-10)9-17-16(20)13-5-4-12-6-7-19(3)15(12)8-13/h4-8H,9H2,1-3H3,(H,17,20). The summed E-state index contributed by atoms with van der Waals surface area (Å²) >= 11 is 0. The van der Waals surface area contributed by atoms with Gasteiger partial charge in [0.2, 0.25) is 0 Å². The third kappa shape index (κ3) is 2.42. The van der Waals surface area contributed by atoms with Crippen LogP contribution in [0.3, 0.4) is 0 Å². The van der Waals surface area contributed by atoms with E-state index in [4.69, 9.17) is 4.52 Å². The van der Waals surface area contributed by atoms with E-state index in [0.29, 0.717) is 12.1 Å². The molecule has 1 N–H and O–H groups in total. The van der Waals surface area contributed by atoms with E-state index in [2.05, 4.69) is 10.5 Å². The molecule has 0 aliphatic heterocycles. The molecule has 108 valence electrons. The Balaban J connectivity index is 1.79. The molecule has 0 atom stereocenters. The van der Waals surface area contributed by atoms with Crippen molar-refractivity contribution in [2.45, 2.75) is 20.4 Å². The topological polar surface area (TPSA) is 60.1 Å². The van der Waals surface area contributed by atoms with Gasteiger partial charge < -0.3 is 14.4 Å². The summed E-state index contributed by atoms with van der Waals surface area (Å²) in [4.78, 5) is 12.3. The first kappa shape index (κ1) is 13.4. The molecule has 3 rings (SSSR count). The van der Waals surface area contributed by atoms with E-state index in [0.717, 1.165) is 27.9 Å². The molecule has 0 fully saturated rings. The number of carbonyl (C=O) groups is 1. The zero-order valence-corrected chi connectivity index (χ0v) is 12.3. The molecule has 2 aromatic heterocycles. The number of aromatic nitrogens is 2. The van der Waals surface area contributed by atoms with Crippen molar-refractivity contribution >= 4 is 16.8 Å². The molecular weight excluding hydrogens is 266 g/mol. The van der Waals surface area contributed by atoms with Gasteiger partial charge in [-0.1, -0.05) is 11.2 Å². The Morgan fingerprint density at radius 3 is 2.86 bits per heavy atom. The molecule has 0 saturated heterocycles. The van der Waals surface area contributed by atoms with Crippen molar-refractivity contribution in [3.63, 3.8) is 0 Å². The van der Waals surface area contributed by atoms with Gasteiger partial charge in [0.1, 0.15) is 5.76 Å². The fraction of sp³-hybridized carbons (Fsp3) is 0.250. The highest BCUT2D eigenvalue weighted by Gasteiger charge is 2.12. The van der Waals surface area contributed by atoms with E-state index in [-0.39, 0.29) is 5.91 Å². The quantitative estimate of drug-likeness (QED) is 0.804. The summed E-state index contributed by atoms with van der Waals surface area (Å²) in [7, 11) is 1.97. The molecule has 0 bridgehead atoms. The Kier molecular flexibility index (Phi) is 3.25. The molecule has 0 spiro atoms. The minimum atomic E-state index is -0.0990. The van der Waals surface area contributed by atoms with Gasteiger partial charge >= 0.3 is 0 Å². The minimum Gasteiger partial charge on any atom is -0.361 e. The monoisotopic (exact) mass is 283 g/mol. The lowest BCUT2D eigenvalue weighted by atomic mass is 10.1. The summed E-state index contributed by atoms with van der Waals surface area (Å²) in [6, 6.07) is 7.73. The lowest BCUT2D eigenvalue weighted by molar-refractivity contribution is 0.0951. The first-order chi connectivity index (χ1) is 10.1. The van der Waals surface area contributed by atoms with Crippen molar-refractivity contribution < 1.29 is 9.32 Å². The number of rotatable bonds is 3. The van der Waals surface area contributed by atoms with Crippen LogP contribution in [-0.2, 0) is 13.6 Å². The second kappa shape index (κ2) is 5.09. The summed E-state index contributed by atoms with van der Waals surface area (Å²) < 4.78 is 7.09. The van der Waals surface area contributed by atoms with Crippen LogP contribution in [0.5, 0.6) is 0 Å². The van der Waals surface area contributed by atoms with Crippen LogP contribution in [0.15, 0.2) is 35.0 Å². The van der Waals surface area contributed by atoms with Crippen LogP contribution >= 0.6 is 0 Å². The van der Waals surface area contributed by atoms with E-state index in [1.54, 1.807) is 0 Å². The van der Waals surface area contributed by atoms with E-state index in [1.807, 2.05) is 55.9 Å². The van der Waals surface area contributed by atoms with Crippen molar-refractivity contribution in [2.75, 3.05) is 0 Å². The average Bonchev–Trinajstić information content (AvgIpc) is 3.00. The number of nitrogens with zero attached hydrogens (tertiary/aromatic N) is 2. The van der Waals surface area contributed by atoms with Crippen LogP contribution < -0.4 is 5.32 Å². The SMILES string of the molecule is Cc1noc(C)c1CNC(=O)c1ccc2ccn(C)c2c1. The minimum absolute atomic E-state index is 0.0990. The molecule has 3 aromatic rings. The molecule has 21 heavy (non-hydrogen) atoms. The van der Waals surface area contributed by atoms with Crippen LogP contribution in [0.1, 0.15) is 27.4 Å². The first-order valence-electron chi connectivity index (χ1n) is 6.81. The van der Waals surface area contributed by atoms with Crippen LogP contribution in [0, 0.1) is 13.8 Å². The van der Waals surface area contributed by atoms with Gasteiger partial charge in [-0.25, -0.2) is 0 Å². The molecule has 0 radical (unpaired) electrons. The van der Waals surface area contributed by atoms with Gasteiger partial charge in [-0.3, -0.25) is 4.79 Å². The van der Waals surface area contributed by atoms with Crippen LogP contribution in [0.25, 0.3) is 10.9 Å². The molecular formula is C16H17N3O2. The summed E-state index contributed by atoms with van der Waals surface area (Å²) in [6.07, 6.45) is 1.98. The van der Waals surface area contributed by atoms with E-state index in [9.17, 15) is 4.79 Å². The third-order valence-electron chi connectivity index (χ3n) is 3.76. The number of fused-ring (bicyclic) bond motifs is 1. The number of hydrogen-bond donors (Lipinski definition) is 1. The number of aryl methyl sites for hydroxylation is 3. The lowest BCUT2D eigenvalue weighted by Crippen LogP contribution is -2.23. The zero-order valence-electron chi connectivity index (χ0n) is 12.3. The fourth-order valence-electron chi connectivity index (χ4n) is 2.43. The normalized spacial score (nSPS) is 11.0. The molecule has 0 aliphatic rings. The maximum Gasteiger partial charge on any atom is 0.251 e. The van der Waals surface area contributed by atoms with Gasteiger partial charge in [0, 0.05) is 36.4 Å². The van der Waals surface area contributed by atoms with Crippen molar-refractivity contribution in [1.29, 1.82) is 0 Å². The largest absolute Gasteiger partial charge is 0.361 e. The van der Waals surface area contributed by atoms with Gasteiger partial charge in [-0.15, -0.1) is 0 Å². The highest BCUT2D eigenvalue weighted by atomic mass is 16.5. The Labute approximate surface area is 122 Å². The zero-order chi connectivity index (χ0) is 15.0. The second-order valence-electron chi connectivity index (χ2n) is 5.19. The molecule has 1 amide bonds. The Morgan fingerprint density at radius 2 is 2.14 bits per heavy atom. The van der Waals surface area contributed by atoms with Crippen molar-refractivity contribution in [3.05, 3.63) is 53.0 Å². The number of carbonyl (C=O) groups excluding carboxylic acids is 1. The van der Waals surface area contributed by atoms with Crippen LogP contribution in [-0.4, -0.2) is 15.6 Å². The average molecular weight is 283 g/mol. The maximum absolute atomic E-state index is 12.3. The molecule has 0 saturated carbocycles. The van der Waals surface area contributed by atoms with Gasteiger partial charge in [-0.05, 0) is 37.4 Å². The predicted octanol–water partition coefficient (Wildman–Crippen LogP) is 2.71. The third-order valence-corrected chi connectivity index (χ3v) is 3.76. The number of amides is 1. The molecule has 5 heteroatoms. The van der Waals surface area contributed by atoms with Crippen LogP contribution in [0.2, 0.25) is 0 Å². The summed E-state index contributed by atoms with van der Waals surface area (Å²) in [5, 5.41) is 7.92. The molecule has 2 heterocycles. The maximum atomic E-state index is 12.3. The smallest absolute Gasteiger partial charge is 0.251 e. The molecule has 0 unspecified atom stereocenters. The number of hydrogen-bond acceptors (Lipinski definition) is 3. The van der Waals surface area contributed by atoms with E-state index >= 15 is 0 Å². The fourth-order valence-corrected chi connectivity index (χ4v) is 2.43. The Morgan fingerprint density at radius 1 is 1.33 bits per heavy atom. The lowest BCUT2D eigenvalue weighted by Gasteiger charge is -2.06. The highest BCUT2D eigenvalue weighted by molar-refractivity contribution is 5.98. The van der Waals surface area contributed by atoms with Gasteiger partial charge in [-0.2, -0.15) is 0 Å². The van der Waals surface area contributed by atoms with Gasteiger partial charge in [0.15, 0.2) is 0 Å². The van der Waals surface area contributed by atoms with Crippen LogP contribution in [0.4, 0.5) is 0 Å². The summed E-state index contributed by atoms with van der Waals surface area (Å²) in [5.41, 5.74) is 3.44. The van der Waals surface area contributed by atoms with E-state index in [1.165, 1.54) is 0 Å². The molecule has 0 aliphatic carbocycles. The molecule has 5 nitrogen and oxygen atoms in total. The Hall–Kier alpha value is -2.56. The second-order valence-corrected chi connectivity index (χ2v) is 5.19. The Bertz CT molecular complexity index is 795. The molecule has 1 aromatic carbocycles. The summed E-state index contributed by atoms with van der Waals surface area (Å²) in [5.74, 6) is 0.642. The predicted molar refractivity (Wildman–Crippen MR) is 80.1 cm³/mol. The highest BCUT2D eigenvalue weighted by Crippen LogP contribution is 2.17. The number of nitrogens with one attached hydrogen (secondary N) is 1. The summed E-state index contributed by atoms with van der Waals surface area (Å²) in [6.45, 7) is 4.14. The van der Waals surface area contributed by atoms with E-state index < -0.39 is 0 Å². The number of benzene rings is 1. The first-order valence-corrected chi connectivity index (χ1v) is 6.81. The van der Waals surface area contributed by atoms with Crippen molar-refractivity contribution in [3.8, 4) is 0 Å². The van der Waals surface area contributed by atoms with Crippen molar-refractivity contribution in [1.82, 2.24) is 15.0 Å². The van der Waals surface area contributed by atoms with Crippen molar-refractivity contribution in [2.24, 2.45) is 7.05 Å². The van der Waals surface area contributed by atoms with Gasteiger partial charge in [0.25, 0.3) is 5.91 Å². The van der Waals surface area contributed by atoms with Gasteiger partial charge in [0.05, 0.1) is 5.69 Å².